The number of carbonyl (C=O) groups is 2. The highest BCUT2D eigenvalue weighted by Gasteiger charge is 2.32. The van der Waals surface area contributed by atoms with Gasteiger partial charge in [-0.3, -0.25) is 0 Å². The molecule has 2 amide bonds. The van der Waals surface area contributed by atoms with Crippen LogP contribution in [0.15, 0.2) is 12.7 Å². The second kappa shape index (κ2) is 6.87. The van der Waals surface area contributed by atoms with Gasteiger partial charge in [0.05, 0.1) is 0 Å². The van der Waals surface area contributed by atoms with Gasteiger partial charge in [-0.2, -0.15) is 0 Å². The molecular formula is C11H20N2O3. The van der Waals surface area contributed by atoms with Crippen LogP contribution in [-0.4, -0.2) is 29.2 Å². The van der Waals surface area contributed by atoms with Crippen LogP contribution in [-0.2, 0) is 4.79 Å². The molecular weight excluding hydrogens is 208 g/mol. The maximum atomic E-state index is 11.4. The van der Waals surface area contributed by atoms with Crippen molar-refractivity contribution in [3.8, 4) is 0 Å². The van der Waals surface area contributed by atoms with E-state index in [0.29, 0.717) is 13.0 Å². The lowest BCUT2D eigenvalue weighted by Gasteiger charge is -2.24. The molecule has 0 aromatic rings. The van der Waals surface area contributed by atoms with E-state index in [4.69, 9.17) is 5.11 Å². The normalized spacial score (nSPS) is 13.6. The molecule has 1 unspecified atom stereocenters. The summed E-state index contributed by atoms with van der Waals surface area (Å²) in [5.41, 5.74) is -1.21. The van der Waals surface area contributed by atoms with Gasteiger partial charge in [0.2, 0.25) is 0 Å². The third kappa shape index (κ3) is 4.82. The molecule has 0 spiro atoms. The van der Waals surface area contributed by atoms with Crippen LogP contribution < -0.4 is 10.6 Å². The fraction of sp³-hybridized carbons (Fsp3) is 0.636. The summed E-state index contributed by atoms with van der Waals surface area (Å²) in [5.74, 6) is -1.03. The maximum absolute atomic E-state index is 11.4. The minimum absolute atomic E-state index is 0.336. The van der Waals surface area contributed by atoms with Crippen LogP contribution in [0.5, 0.6) is 0 Å². The highest BCUT2D eigenvalue weighted by Crippen LogP contribution is 2.08. The van der Waals surface area contributed by atoms with Gasteiger partial charge < -0.3 is 15.7 Å². The van der Waals surface area contributed by atoms with Gasteiger partial charge in [-0.25, -0.2) is 9.59 Å². The summed E-state index contributed by atoms with van der Waals surface area (Å²) in [4.78, 5) is 22.3. The lowest BCUT2D eigenvalue weighted by Crippen LogP contribution is -2.54. The van der Waals surface area contributed by atoms with Crippen LogP contribution in [0.2, 0.25) is 0 Å². The Balaban J connectivity index is 4.02. The van der Waals surface area contributed by atoms with Crippen molar-refractivity contribution in [3.63, 3.8) is 0 Å². The molecule has 0 radical (unpaired) electrons. The van der Waals surface area contributed by atoms with Crippen molar-refractivity contribution in [3.05, 3.63) is 12.7 Å². The molecule has 0 saturated carbocycles. The van der Waals surface area contributed by atoms with Crippen LogP contribution in [0.1, 0.15) is 33.1 Å². The van der Waals surface area contributed by atoms with Crippen LogP contribution in [0.3, 0.4) is 0 Å². The van der Waals surface area contributed by atoms with E-state index >= 15 is 0 Å². The van der Waals surface area contributed by atoms with E-state index < -0.39 is 17.5 Å². The zero-order valence-electron chi connectivity index (χ0n) is 9.88. The Morgan fingerprint density at radius 1 is 1.50 bits per heavy atom. The highest BCUT2D eigenvalue weighted by molar-refractivity contribution is 5.85. The molecule has 0 aliphatic carbocycles. The predicted molar refractivity (Wildman–Crippen MR) is 62.3 cm³/mol. The summed E-state index contributed by atoms with van der Waals surface area (Å²) in [7, 11) is 0. The standard InChI is InChI=1S/C11H20N2O3/c1-4-6-7-8-12-10(16)13-11(3,5-2)9(14)15/h4H,1,5-8H2,2-3H3,(H,14,15)(H2,12,13,16). The molecule has 1 atom stereocenters. The molecule has 5 nitrogen and oxygen atoms in total. The molecule has 0 heterocycles. The van der Waals surface area contributed by atoms with Crippen molar-refractivity contribution in [2.24, 2.45) is 0 Å². The summed E-state index contributed by atoms with van der Waals surface area (Å²) in [6.45, 7) is 7.28. The molecule has 92 valence electrons. The number of unbranched alkanes of at least 4 members (excludes halogenated alkanes) is 1. The number of allylic oxidation sites excluding steroid dienone is 1. The Bertz CT molecular complexity index is 266. The molecule has 0 aliphatic heterocycles. The first-order valence-corrected chi connectivity index (χ1v) is 5.36. The Kier molecular flexibility index (Phi) is 6.22. The number of carbonyl (C=O) groups excluding carboxylic acids is 1. The van der Waals surface area contributed by atoms with E-state index in [9.17, 15) is 9.59 Å². The topological polar surface area (TPSA) is 78.4 Å². The van der Waals surface area contributed by atoms with E-state index in [1.807, 2.05) is 0 Å². The smallest absolute Gasteiger partial charge is 0.329 e. The van der Waals surface area contributed by atoms with Gasteiger partial charge in [0.1, 0.15) is 5.54 Å². The summed E-state index contributed by atoms with van der Waals surface area (Å²) < 4.78 is 0. The molecule has 0 saturated heterocycles. The second-order valence-corrected chi connectivity index (χ2v) is 3.80. The molecule has 16 heavy (non-hydrogen) atoms. The van der Waals surface area contributed by atoms with Crippen LogP contribution in [0.4, 0.5) is 4.79 Å². The SMILES string of the molecule is C=CCCCNC(=O)NC(C)(CC)C(=O)O. The van der Waals surface area contributed by atoms with Crippen molar-refractivity contribution in [2.75, 3.05) is 6.54 Å². The van der Waals surface area contributed by atoms with Gasteiger partial charge in [-0.05, 0) is 26.2 Å². The first-order valence-electron chi connectivity index (χ1n) is 5.36. The molecule has 0 aromatic heterocycles. The summed E-state index contributed by atoms with van der Waals surface area (Å²) >= 11 is 0. The van der Waals surface area contributed by atoms with Gasteiger partial charge in [0.25, 0.3) is 0 Å². The number of amides is 2. The van der Waals surface area contributed by atoms with Crippen LogP contribution in [0.25, 0.3) is 0 Å². The van der Waals surface area contributed by atoms with Gasteiger partial charge in [0.15, 0.2) is 0 Å². The zero-order valence-corrected chi connectivity index (χ0v) is 9.88. The van der Waals surface area contributed by atoms with E-state index in [-0.39, 0.29) is 0 Å². The summed E-state index contributed by atoms with van der Waals surface area (Å²) in [6, 6.07) is -0.448. The number of carboxylic acids is 1. The molecule has 0 aliphatic rings. The fourth-order valence-electron chi connectivity index (χ4n) is 1.04. The van der Waals surface area contributed by atoms with Gasteiger partial charge in [-0.1, -0.05) is 13.0 Å². The third-order valence-electron chi connectivity index (χ3n) is 2.44. The first kappa shape index (κ1) is 14.5. The number of urea groups is 1. The van der Waals surface area contributed by atoms with Crippen molar-refractivity contribution in [1.29, 1.82) is 0 Å². The van der Waals surface area contributed by atoms with E-state index in [2.05, 4.69) is 17.2 Å². The van der Waals surface area contributed by atoms with Crippen molar-refractivity contribution < 1.29 is 14.7 Å². The Morgan fingerprint density at radius 3 is 2.56 bits per heavy atom. The minimum Gasteiger partial charge on any atom is -0.480 e. The Labute approximate surface area is 95.9 Å². The van der Waals surface area contributed by atoms with Gasteiger partial charge in [-0.15, -0.1) is 6.58 Å². The molecule has 0 bridgehead atoms. The van der Waals surface area contributed by atoms with Crippen LogP contribution in [0, 0.1) is 0 Å². The average molecular weight is 228 g/mol. The third-order valence-corrected chi connectivity index (χ3v) is 2.44. The maximum Gasteiger partial charge on any atom is 0.329 e. The number of hydrogen-bond donors (Lipinski definition) is 3. The lowest BCUT2D eigenvalue weighted by molar-refractivity contribution is -0.143. The summed E-state index contributed by atoms with van der Waals surface area (Å²) in [5, 5.41) is 14.0. The monoisotopic (exact) mass is 228 g/mol. The molecule has 5 heteroatoms. The largest absolute Gasteiger partial charge is 0.480 e. The quantitative estimate of drug-likeness (QED) is 0.456. The molecule has 0 fully saturated rings. The molecule has 3 N–H and O–H groups in total. The van der Waals surface area contributed by atoms with E-state index in [1.54, 1.807) is 13.0 Å². The number of rotatable bonds is 7. The van der Waals surface area contributed by atoms with Crippen molar-refractivity contribution >= 4 is 12.0 Å². The average Bonchev–Trinajstić information content (AvgIpc) is 2.24. The zero-order chi connectivity index (χ0) is 12.6. The Hall–Kier alpha value is -1.52. The minimum atomic E-state index is -1.21. The fourth-order valence-corrected chi connectivity index (χ4v) is 1.04. The lowest BCUT2D eigenvalue weighted by atomic mass is 10.00. The van der Waals surface area contributed by atoms with Crippen LogP contribution >= 0.6 is 0 Å². The molecule has 0 rings (SSSR count). The predicted octanol–water partition coefficient (Wildman–Crippen LogP) is 1.51. The Morgan fingerprint density at radius 2 is 2.12 bits per heavy atom. The van der Waals surface area contributed by atoms with Gasteiger partial charge >= 0.3 is 12.0 Å². The van der Waals surface area contributed by atoms with Crippen molar-refractivity contribution in [2.45, 2.75) is 38.6 Å². The molecule has 0 aromatic carbocycles. The number of aliphatic carboxylic acids is 1. The van der Waals surface area contributed by atoms with E-state index in [0.717, 1.165) is 12.8 Å². The summed E-state index contributed by atoms with van der Waals surface area (Å²) in [6.07, 6.45) is 3.73. The van der Waals surface area contributed by atoms with Crippen molar-refractivity contribution in [1.82, 2.24) is 10.6 Å². The highest BCUT2D eigenvalue weighted by atomic mass is 16.4. The number of hydrogen-bond acceptors (Lipinski definition) is 2. The van der Waals surface area contributed by atoms with Gasteiger partial charge in [0, 0.05) is 6.54 Å². The number of nitrogens with one attached hydrogen (secondary N) is 2. The number of carboxylic acid groups (broad SMARTS) is 1. The van der Waals surface area contributed by atoms with E-state index in [1.165, 1.54) is 6.92 Å². The second-order valence-electron chi connectivity index (χ2n) is 3.80. The first-order chi connectivity index (χ1) is 7.46.